The van der Waals surface area contributed by atoms with E-state index < -0.39 is 10.0 Å². The van der Waals surface area contributed by atoms with Crippen LogP contribution in [0.2, 0.25) is 5.02 Å². The van der Waals surface area contributed by atoms with Crippen molar-refractivity contribution in [2.75, 3.05) is 6.61 Å². The third-order valence-corrected chi connectivity index (χ3v) is 3.33. The second-order valence-corrected chi connectivity index (χ2v) is 5.38. The van der Waals surface area contributed by atoms with Crippen molar-refractivity contribution in [3.63, 3.8) is 0 Å². The summed E-state index contributed by atoms with van der Waals surface area (Å²) < 4.78 is 28.0. The lowest BCUT2D eigenvalue weighted by atomic mass is 10.2. The number of hydrogen-bond acceptors (Lipinski definition) is 3. The van der Waals surface area contributed by atoms with Gasteiger partial charge in [-0.05, 0) is 31.0 Å². The molecule has 4 nitrogen and oxygen atoms in total. The van der Waals surface area contributed by atoms with Gasteiger partial charge in [0.2, 0.25) is 10.0 Å². The lowest BCUT2D eigenvalue weighted by molar-refractivity contribution is 0.309. The van der Waals surface area contributed by atoms with Crippen molar-refractivity contribution >= 4 is 21.6 Å². The molecule has 0 aliphatic carbocycles. The maximum atomic E-state index is 11.3. The quantitative estimate of drug-likeness (QED) is 0.904. The summed E-state index contributed by atoms with van der Waals surface area (Å²) >= 11 is 5.85. The van der Waals surface area contributed by atoms with E-state index in [2.05, 4.69) is 0 Å². The summed E-state index contributed by atoms with van der Waals surface area (Å²) in [5, 5.41) is 5.44. The SMILES string of the molecule is CCCOc1cc(C)c(Cl)cc1S(N)(=O)=O. The van der Waals surface area contributed by atoms with Gasteiger partial charge in [-0.3, -0.25) is 0 Å². The summed E-state index contributed by atoms with van der Waals surface area (Å²) in [6.45, 7) is 4.14. The molecule has 90 valence electrons. The van der Waals surface area contributed by atoms with E-state index in [9.17, 15) is 8.42 Å². The van der Waals surface area contributed by atoms with Crippen LogP contribution in [0.4, 0.5) is 0 Å². The molecule has 0 aromatic heterocycles. The fourth-order valence-electron chi connectivity index (χ4n) is 1.18. The highest BCUT2D eigenvalue weighted by molar-refractivity contribution is 7.89. The molecule has 0 amide bonds. The highest BCUT2D eigenvalue weighted by atomic mass is 35.5. The molecule has 0 unspecified atom stereocenters. The van der Waals surface area contributed by atoms with Gasteiger partial charge in [-0.15, -0.1) is 0 Å². The maximum Gasteiger partial charge on any atom is 0.241 e. The van der Waals surface area contributed by atoms with Crippen LogP contribution in [0, 0.1) is 6.92 Å². The Balaban J connectivity index is 3.28. The Bertz CT molecular complexity index is 485. The number of nitrogens with two attached hydrogens (primary N) is 1. The highest BCUT2D eigenvalue weighted by Crippen LogP contribution is 2.29. The topological polar surface area (TPSA) is 69.4 Å². The summed E-state index contributed by atoms with van der Waals surface area (Å²) in [5.41, 5.74) is 0.750. The zero-order valence-electron chi connectivity index (χ0n) is 9.16. The monoisotopic (exact) mass is 263 g/mol. The summed E-state index contributed by atoms with van der Waals surface area (Å²) in [7, 11) is -3.81. The predicted octanol–water partition coefficient (Wildman–Crippen LogP) is 2.08. The number of primary sulfonamides is 1. The Morgan fingerprint density at radius 3 is 2.56 bits per heavy atom. The molecule has 0 radical (unpaired) electrons. The maximum absolute atomic E-state index is 11.3. The molecule has 0 fully saturated rings. The Kier molecular flexibility index (Phi) is 4.18. The first-order valence-electron chi connectivity index (χ1n) is 4.82. The van der Waals surface area contributed by atoms with Crippen molar-refractivity contribution in [2.45, 2.75) is 25.2 Å². The summed E-state index contributed by atoms with van der Waals surface area (Å²) in [6, 6.07) is 2.90. The average molecular weight is 264 g/mol. The zero-order chi connectivity index (χ0) is 12.3. The number of aryl methyl sites for hydroxylation is 1. The van der Waals surface area contributed by atoms with Gasteiger partial charge in [0.1, 0.15) is 10.6 Å². The van der Waals surface area contributed by atoms with Crippen LogP contribution >= 0.6 is 11.6 Å². The largest absolute Gasteiger partial charge is 0.492 e. The molecular weight excluding hydrogens is 250 g/mol. The van der Waals surface area contributed by atoms with Gasteiger partial charge < -0.3 is 4.74 Å². The number of ether oxygens (including phenoxy) is 1. The molecule has 0 heterocycles. The van der Waals surface area contributed by atoms with Gasteiger partial charge in [0, 0.05) is 5.02 Å². The van der Waals surface area contributed by atoms with Gasteiger partial charge in [0.25, 0.3) is 0 Å². The third kappa shape index (κ3) is 3.10. The lowest BCUT2D eigenvalue weighted by Gasteiger charge is -2.11. The van der Waals surface area contributed by atoms with Gasteiger partial charge in [-0.2, -0.15) is 0 Å². The molecule has 0 spiro atoms. The number of benzene rings is 1. The second-order valence-electron chi connectivity index (χ2n) is 3.44. The number of sulfonamides is 1. The third-order valence-electron chi connectivity index (χ3n) is 1.99. The second kappa shape index (κ2) is 5.03. The van der Waals surface area contributed by atoms with Crippen LogP contribution in [-0.2, 0) is 10.0 Å². The van der Waals surface area contributed by atoms with Crippen molar-refractivity contribution in [1.82, 2.24) is 0 Å². The van der Waals surface area contributed by atoms with Crippen LogP contribution in [0.25, 0.3) is 0 Å². The van der Waals surface area contributed by atoms with E-state index in [1.165, 1.54) is 6.07 Å². The lowest BCUT2D eigenvalue weighted by Crippen LogP contribution is -2.14. The average Bonchev–Trinajstić information content (AvgIpc) is 2.17. The molecule has 1 aromatic carbocycles. The first kappa shape index (κ1) is 13.3. The molecule has 16 heavy (non-hydrogen) atoms. The fourth-order valence-corrected chi connectivity index (χ4v) is 2.09. The number of rotatable bonds is 4. The van der Waals surface area contributed by atoms with Crippen LogP contribution in [0.5, 0.6) is 5.75 Å². The van der Waals surface area contributed by atoms with Gasteiger partial charge in [0.05, 0.1) is 6.61 Å². The molecule has 6 heteroatoms. The first-order chi connectivity index (χ1) is 7.36. The smallest absolute Gasteiger partial charge is 0.241 e. The number of hydrogen-bond donors (Lipinski definition) is 1. The minimum Gasteiger partial charge on any atom is -0.492 e. The van der Waals surface area contributed by atoms with Gasteiger partial charge in [-0.25, -0.2) is 13.6 Å². The van der Waals surface area contributed by atoms with E-state index in [1.54, 1.807) is 13.0 Å². The fraction of sp³-hybridized carbons (Fsp3) is 0.400. The first-order valence-corrected chi connectivity index (χ1v) is 6.74. The Morgan fingerprint density at radius 1 is 1.44 bits per heavy atom. The van der Waals surface area contributed by atoms with Crippen LogP contribution in [-0.4, -0.2) is 15.0 Å². The van der Waals surface area contributed by atoms with E-state index >= 15 is 0 Å². The molecule has 2 N–H and O–H groups in total. The molecular formula is C10H14ClNO3S. The molecule has 1 aromatic rings. The Hall–Kier alpha value is -0.780. The molecule has 1 rings (SSSR count). The molecule has 0 saturated heterocycles. The predicted molar refractivity (Wildman–Crippen MR) is 63.3 cm³/mol. The Morgan fingerprint density at radius 2 is 2.06 bits per heavy atom. The van der Waals surface area contributed by atoms with Gasteiger partial charge >= 0.3 is 0 Å². The van der Waals surface area contributed by atoms with Gasteiger partial charge in [0.15, 0.2) is 0 Å². The van der Waals surface area contributed by atoms with E-state index in [0.717, 1.165) is 12.0 Å². The summed E-state index contributed by atoms with van der Waals surface area (Å²) in [5.74, 6) is 0.256. The normalized spacial score (nSPS) is 11.5. The van der Waals surface area contributed by atoms with E-state index in [4.69, 9.17) is 21.5 Å². The van der Waals surface area contributed by atoms with E-state index in [0.29, 0.717) is 11.6 Å². The van der Waals surface area contributed by atoms with E-state index in [-0.39, 0.29) is 10.6 Å². The summed E-state index contributed by atoms with van der Waals surface area (Å²) in [4.78, 5) is -0.0726. The standard InChI is InChI=1S/C10H14ClNO3S/c1-3-4-15-9-5-7(2)8(11)6-10(9)16(12,13)14/h5-6H,3-4H2,1-2H3,(H2,12,13,14). The molecule has 0 aliphatic rings. The van der Waals surface area contributed by atoms with Crippen molar-refractivity contribution in [3.8, 4) is 5.75 Å². The molecule has 0 bridgehead atoms. The molecule has 0 aliphatic heterocycles. The summed E-state index contributed by atoms with van der Waals surface area (Å²) in [6.07, 6.45) is 0.783. The van der Waals surface area contributed by atoms with Crippen LogP contribution in [0.1, 0.15) is 18.9 Å². The van der Waals surface area contributed by atoms with Crippen molar-refractivity contribution < 1.29 is 13.2 Å². The van der Waals surface area contributed by atoms with Gasteiger partial charge in [-0.1, -0.05) is 18.5 Å². The minimum atomic E-state index is -3.81. The number of halogens is 1. The van der Waals surface area contributed by atoms with Crippen LogP contribution in [0.3, 0.4) is 0 Å². The molecule has 0 atom stereocenters. The molecule has 0 saturated carbocycles. The van der Waals surface area contributed by atoms with Crippen molar-refractivity contribution in [3.05, 3.63) is 22.7 Å². The highest BCUT2D eigenvalue weighted by Gasteiger charge is 2.17. The van der Waals surface area contributed by atoms with Crippen LogP contribution in [0.15, 0.2) is 17.0 Å². The van der Waals surface area contributed by atoms with Crippen LogP contribution < -0.4 is 9.88 Å². The minimum absolute atomic E-state index is 0.0726. The van der Waals surface area contributed by atoms with Crippen molar-refractivity contribution in [1.29, 1.82) is 0 Å². The van der Waals surface area contributed by atoms with E-state index in [1.807, 2.05) is 6.92 Å². The zero-order valence-corrected chi connectivity index (χ0v) is 10.7. The Labute approximate surface area is 100 Å². The van der Waals surface area contributed by atoms with Crippen molar-refractivity contribution in [2.24, 2.45) is 5.14 Å².